The highest BCUT2D eigenvalue weighted by molar-refractivity contribution is 6.33. The molecule has 4 nitrogen and oxygen atoms in total. The molecule has 1 atom stereocenters. The summed E-state index contributed by atoms with van der Waals surface area (Å²) in [4.78, 5) is 8.47. The van der Waals surface area contributed by atoms with Gasteiger partial charge in [-0.3, -0.25) is 0 Å². The van der Waals surface area contributed by atoms with Gasteiger partial charge in [-0.25, -0.2) is 4.98 Å². The number of ether oxygens (including phenoxy) is 1. The number of aromatic nitrogens is 2. The second-order valence-electron chi connectivity index (χ2n) is 3.95. The molecule has 1 heterocycles. The molecule has 5 heteroatoms. The van der Waals surface area contributed by atoms with Gasteiger partial charge in [0.2, 0.25) is 5.88 Å². The third-order valence-corrected chi connectivity index (χ3v) is 2.93. The standard InChI is InChI=1S/C13H14ClN3O/c1-8(15)9-3-4-11(14)10(7-9)13-16-6-5-12(17-13)18-2/h3-8H,15H2,1-2H3. The van der Waals surface area contributed by atoms with Gasteiger partial charge < -0.3 is 10.5 Å². The molecule has 0 saturated heterocycles. The lowest BCUT2D eigenvalue weighted by atomic mass is 10.1. The molecular weight excluding hydrogens is 250 g/mol. The van der Waals surface area contributed by atoms with Gasteiger partial charge >= 0.3 is 0 Å². The Morgan fingerprint density at radius 2 is 2.11 bits per heavy atom. The van der Waals surface area contributed by atoms with Crippen molar-refractivity contribution in [2.45, 2.75) is 13.0 Å². The lowest BCUT2D eigenvalue weighted by Gasteiger charge is -2.09. The maximum atomic E-state index is 6.17. The maximum Gasteiger partial charge on any atom is 0.216 e. The van der Waals surface area contributed by atoms with E-state index in [0.29, 0.717) is 16.7 Å². The fraction of sp³-hybridized carbons (Fsp3) is 0.231. The summed E-state index contributed by atoms with van der Waals surface area (Å²) in [6, 6.07) is 7.23. The number of hydrogen-bond acceptors (Lipinski definition) is 4. The molecule has 1 aromatic heterocycles. The van der Waals surface area contributed by atoms with Crippen LogP contribution in [0.4, 0.5) is 0 Å². The maximum absolute atomic E-state index is 6.17. The highest BCUT2D eigenvalue weighted by Crippen LogP contribution is 2.28. The highest BCUT2D eigenvalue weighted by atomic mass is 35.5. The first kappa shape index (κ1) is 12.8. The molecule has 1 unspecified atom stereocenters. The van der Waals surface area contributed by atoms with E-state index in [1.165, 1.54) is 0 Å². The average molecular weight is 264 g/mol. The van der Waals surface area contributed by atoms with Crippen LogP contribution in [0, 0.1) is 0 Å². The van der Waals surface area contributed by atoms with E-state index in [2.05, 4.69) is 9.97 Å². The number of nitrogens with zero attached hydrogens (tertiary/aromatic N) is 2. The summed E-state index contributed by atoms with van der Waals surface area (Å²) < 4.78 is 5.08. The van der Waals surface area contributed by atoms with Crippen LogP contribution in [0.2, 0.25) is 5.02 Å². The monoisotopic (exact) mass is 263 g/mol. The van der Waals surface area contributed by atoms with Crippen LogP contribution < -0.4 is 10.5 Å². The van der Waals surface area contributed by atoms with Crippen molar-refractivity contribution >= 4 is 11.6 Å². The molecule has 0 aliphatic rings. The molecule has 0 aliphatic carbocycles. The van der Waals surface area contributed by atoms with E-state index in [4.69, 9.17) is 22.1 Å². The van der Waals surface area contributed by atoms with Gasteiger partial charge in [0.1, 0.15) is 0 Å². The Kier molecular flexibility index (Phi) is 3.79. The lowest BCUT2D eigenvalue weighted by Crippen LogP contribution is -2.05. The molecule has 0 bridgehead atoms. The Morgan fingerprint density at radius 3 is 2.78 bits per heavy atom. The number of nitrogens with two attached hydrogens (primary N) is 1. The van der Waals surface area contributed by atoms with Crippen molar-refractivity contribution in [1.29, 1.82) is 0 Å². The van der Waals surface area contributed by atoms with Crippen molar-refractivity contribution in [2.75, 3.05) is 7.11 Å². The summed E-state index contributed by atoms with van der Waals surface area (Å²) >= 11 is 6.17. The minimum absolute atomic E-state index is 0.0633. The molecule has 0 radical (unpaired) electrons. The molecule has 2 rings (SSSR count). The van der Waals surface area contributed by atoms with E-state index >= 15 is 0 Å². The average Bonchev–Trinajstić information content (AvgIpc) is 2.39. The van der Waals surface area contributed by atoms with Crippen molar-refractivity contribution in [1.82, 2.24) is 9.97 Å². The zero-order valence-corrected chi connectivity index (χ0v) is 11.0. The number of hydrogen-bond donors (Lipinski definition) is 1. The first-order chi connectivity index (χ1) is 8.61. The van der Waals surface area contributed by atoms with Crippen LogP contribution in [0.25, 0.3) is 11.4 Å². The van der Waals surface area contributed by atoms with Crippen molar-refractivity contribution < 1.29 is 4.74 Å². The summed E-state index contributed by atoms with van der Waals surface area (Å²) in [5.74, 6) is 1.03. The zero-order valence-electron chi connectivity index (χ0n) is 10.2. The first-order valence-electron chi connectivity index (χ1n) is 5.54. The molecule has 0 spiro atoms. The van der Waals surface area contributed by atoms with Gasteiger partial charge in [0.05, 0.1) is 12.1 Å². The Bertz CT molecular complexity index is 558. The van der Waals surface area contributed by atoms with Crippen molar-refractivity contribution in [3.05, 3.63) is 41.0 Å². The van der Waals surface area contributed by atoms with Crippen LogP contribution in [0.3, 0.4) is 0 Å². The molecule has 1 aromatic carbocycles. The van der Waals surface area contributed by atoms with Gasteiger partial charge in [0.15, 0.2) is 5.82 Å². The van der Waals surface area contributed by atoms with Gasteiger partial charge in [-0.1, -0.05) is 17.7 Å². The van der Waals surface area contributed by atoms with Crippen LogP contribution >= 0.6 is 11.6 Å². The van der Waals surface area contributed by atoms with Crippen molar-refractivity contribution in [3.8, 4) is 17.3 Å². The summed E-state index contributed by atoms with van der Waals surface area (Å²) in [6.07, 6.45) is 1.63. The van der Waals surface area contributed by atoms with Crippen LogP contribution in [-0.4, -0.2) is 17.1 Å². The summed E-state index contributed by atoms with van der Waals surface area (Å²) in [6.45, 7) is 1.92. The Labute approximate surface area is 111 Å². The van der Waals surface area contributed by atoms with E-state index in [1.807, 2.05) is 19.1 Å². The molecule has 2 N–H and O–H groups in total. The van der Waals surface area contributed by atoms with Gasteiger partial charge in [-0.2, -0.15) is 4.98 Å². The quantitative estimate of drug-likeness (QED) is 0.925. The van der Waals surface area contributed by atoms with E-state index < -0.39 is 0 Å². The SMILES string of the molecule is COc1ccnc(-c2cc(C(C)N)ccc2Cl)n1. The first-order valence-corrected chi connectivity index (χ1v) is 5.92. The van der Waals surface area contributed by atoms with E-state index in [-0.39, 0.29) is 6.04 Å². The third-order valence-electron chi connectivity index (χ3n) is 2.60. The Hall–Kier alpha value is -1.65. The largest absolute Gasteiger partial charge is 0.481 e. The van der Waals surface area contributed by atoms with E-state index in [0.717, 1.165) is 11.1 Å². The minimum Gasteiger partial charge on any atom is -0.481 e. The normalized spacial score (nSPS) is 12.2. The predicted octanol–water partition coefficient (Wildman–Crippen LogP) is 2.83. The van der Waals surface area contributed by atoms with Crippen LogP contribution in [0.15, 0.2) is 30.5 Å². The molecule has 0 fully saturated rings. The summed E-state index contributed by atoms with van der Waals surface area (Å²) in [5.41, 5.74) is 7.60. The van der Waals surface area contributed by atoms with Crippen molar-refractivity contribution in [3.63, 3.8) is 0 Å². The van der Waals surface area contributed by atoms with E-state index in [1.54, 1.807) is 25.4 Å². The number of halogens is 1. The summed E-state index contributed by atoms with van der Waals surface area (Å²) in [5, 5.41) is 0.590. The van der Waals surface area contributed by atoms with Crippen molar-refractivity contribution in [2.24, 2.45) is 5.73 Å². The zero-order chi connectivity index (χ0) is 13.1. The van der Waals surface area contributed by atoms with Gasteiger partial charge in [-0.15, -0.1) is 0 Å². The molecule has 0 saturated carbocycles. The minimum atomic E-state index is -0.0633. The summed E-state index contributed by atoms with van der Waals surface area (Å²) in [7, 11) is 1.56. The molecular formula is C13H14ClN3O. The number of benzene rings is 1. The topological polar surface area (TPSA) is 61.0 Å². The smallest absolute Gasteiger partial charge is 0.216 e. The molecule has 2 aromatic rings. The second kappa shape index (κ2) is 5.33. The fourth-order valence-corrected chi connectivity index (χ4v) is 1.79. The Morgan fingerprint density at radius 1 is 1.33 bits per heavy atom. The van der Waals surface area contributed by atoms with Gasteiger partial charge in [0, 0.05) is 23.9 Å². The highest BCUT2D eigenvalue weighted by Gasteiger charge is 2.10. The number of rotatable bonds is 3. The Balaban J connectivity index is 2.51. The third kappa shape index (κ3) is 2.60. The second-order valence-corrected chi connectivity index (χ2v) is 4.36. The van der Waals surface area contributed by atoms with Crippen LogP contribution in [0.5, 0.6) is 5.88 Å². The van der Waals surface area contributed by atoms with Crippen LogP contribution in [-0.2, 0) is 0 Å². The van der Waals surface area contributed by atoms with E-state index in [9.17, 15) is 0 Å². The predicted molar refractivity (Wildman–Crippen MR) is 71.6 cm³/mol. The molecule has 0 aliphatic heterocycles. The fourth-order valence-electron chi connectivity index (χ4n) is 1.58. The van der Waals surface area contributed by atoms with Gasteiger partial charge in [-0.05, 0) is 24.6 Å². The number of methoxy groups -OCH3 is 1. The molecule has 0 amide bonds. The van der Waals surface area contributed by atoms with Gasteiger partial charge in [0.25, 0.3) is 0 Å². The van der Waals surface area contributed by atoms with Crippen LogP contribution in [0.1, 0.15) is 18.5 Å². The lowest BCUT2D eigenvalue weighted by molar-refractivity contribution is 0.397. The molecule has 94 valence electrons. The molecule has 18 heavy (non-hydrogen) atoms.